The van der Waals surface area contributed by atoms with Crippen LogP contribution in [-0.4, -0.2) is 9.13 Å². The Morgan fingerprint density at radius 1 is 0.433 bits per heavy atom. The van der Waals surface area contributed by atoms with E-state index in [4.69, 9.17) is 0 Å². The number of para-hydroxylation sites is 2. The van der Waals surface area contributed by atoms with Crippen molar-refractivity contribution in [2.75, 3.05) is 0 Å². The van der Waals surface area contributed by atoms with E-state index in [-0.39, 0.29) is 22.3 Å². The number of nitrogens with zero attached hydrogens (tertiary/aromatic N) is 4. The maximum absolute atomic E-state index is 14.3. The minimum atomic E-state index is -4.71. The lowest BCUT2D eigenvalue weighted by Crippen LogP contribution is -2.07. The van der Waals surface area contributed by atoms with Gasteiger partial charge < -0.3 is 9.13 Å². The van der Waals surface area contributed by atoms with Crippen molar-refractivity contribution >= 4 is 43.6 Å². The number of aromatic nitrogens is 2. The van der Waals surface area contributed by atoms with Gasteiger partial charge in [0.25, 0.3) is 0 Å². The van der Waals surface area contributed by atoms with E-state index in [2.05, 4.69) is 108 Å². The average molecular weight is 783 g/mol. The number of hydrogen-bond acceptors (Lipinski definition) is 2. The quantitative estimate of drug-likeness (QED) is 0.175. The number of halogens is 3. The van der Waals surface area contributed by atoms with Gasteiger partial charge in [0.05, 0.1) is 62.3 Å². The molecule has 10 aromatic rings. The maximum Gasteiger partial charge on any atom is 0.416 e. The molecule has 0 bridgehead atoms. The summed E-state index contributed by atoms with van der Waals surface area (Å²) in [6.45, 7) is 4.19. The van der Waals surface area contributed by atoms with Crippen molar-refractivity contribution < 1.29 is 13.2 Å². The van der Waals surface area contributed by atoms with Crippen LogP contribution in [0.1, 0.15) is 27.8 Å². The molecule has 60 heavy (non-hydrogen) atoms. The molecule has 8 aromatic carbocycles. The van der Waals surface area contributed by atoms with Crippen LogP contribution in [0.3, 0.4) is 0 Å². The van der Waals surface area contributed by atoms with E-state index >= 15 is 0 Å². The lowest BCUT2D eigenvalue weighted by molar-refractivity contribution is -0.137. The fourth-order valence-electron chi connectivity index (χ4n) is 8.87. The van der Waals surface area contributed by atoms with Gasteiger partial charge in [-0.1, -0.05) is 97.1 Å². The molecule has 0 aliphatic heterocycles. The van der Waals surface area contributed by atoms with E-state index < -0.39 is 11.7 Å². The highest BCUT2D eigenvalue weighted by Gasteiger charge is 2.32. The third-order valence-electron chi connectivity index (χ3n) is 11.7. The number of alkyl halides is 3. The van der Waals surface area contributed by atoms with Crippen LogP contribution < -0.4 is 0 Å². The normalized spacial score (nSPS) is 11.7. The third kappa shape index (κ3) is 5.82. The summed E-state index contributed by atoms with van der Waals surface area (Å²) in [5, 5.41) is 24.7. The van der Waals surface area contributed by atoms with Crippen LogP contribution in [0, 0.1) is 36.5 Å². The number of benzene rings is 8. The molecule has 286 valence electrons. The smallest absolute Gasteiger partial charge is 0.307 e. The lowest BCUT2D eigenvalue weighted by atomic mass is 9.94. The molecule has 0 spiro atoms. The zero-order valence-corrected chi connectivity index (χ0v) is 32.5. The number of aryl methyl sites for hydroxylation is 2. The summed E-state index contributed by atoms with van der Waals surface area (Å²) >= 11 is 0. The van der Waals surface area contributed by atoms with Crippen LogP contribution in [0.2, 0.25) is 0 Å². The molecule has 0 N–H and O–H groups in total. The molecule has 2 heterocycles. The number of hydrogen-bond donors (Lipinski definition) is 0. The molecule has 0 saturated heterocycles. The van der Waals surface area contributed by atoms with E-state index in [9.17, 15) is 23.7 Å². The lowest BCUT2D eigenvalue weighted by Gasteiger charge is -2.20. The Hall–Kier alpha value is -7.87. The third-order valence-corrected chi connectivity index (χ3v) is 11.7. The Kier molecular flexibility index (Phi) is 8.45. The molecule has 7 heteroatoms. The summed E-state index contributed by atoms with van der Waals surface area (Å²) in [6, 6.07) is 56.7. The maximum atomic E-state index is 14.3. The zero-order valence-electron chi connectivity index (χ0n) is 32.5. The number of rotatable bonds is 5. The van der Waals surface area contributed by atoms with Gasteiger partial charge in [-0.25, -0.2) is 0 Å². The summed E-state index contributed by atoms with van der Waals surface area (Å²) in [5.41, 5.74) is 11.0. The van der Waals surface area contributed by atoms with E-state index in [1.54, 1.807) is 6.07 Å². The van der Waals surface area contributed by atoms with Gasteiger partial charge >= 0.3 is 6.18 Å². The molecular formula is C53H33F3N4. The van der Waals surface area contributed by atoms with Crippen molar-refractivity contribution in [1.82, 2.24) is 9.13 Å². The molecule has 0 amide bonds. The molecule has 2 aromatic heterocycles. The predicted octanol–water partition coefficient (Wildman–Crippen LogP) is 14.3. The van der Waals surface area contributed by atoms with Crippen molar-refractivity contribution in [2.24, 2.45) is 0 Å². The van der Waals surface area contributed by atoms with Crippen LogP contribution in [0.4, 0.5) is 13.2 Å². The van der Waals surface area contributed by atoms with Gasteiger partial charge in [-0.2, -0.15) is 23.7 Å². The molecule has 0 radical (unpaired) electrons. The monoisotopic (exact) mass is 782 g/mol. The van der Waals surface area contributed by atoms with Crippen molar-refractivity contribution in [3.05, 3.63) is 192 Å². The summed E-state index contributed by atoms with van der Waals surface area (Å²) in [4.78, 5) is 0. The first-order chi connectivity index (χ1) is 29.1. The van der Waals surface area contributed by atoms with Crippen molar-refractivity contribution in [1.29, 1.82) is 10.5 Å². The molecule has 0 fully saturated rings. The van der Waals surface area contributed by atoms with Crippen molar-refractivity contribution in [3.8, 4) is 56.9 Å². The highest BCUT2D eigenvalue weighted by atomic mass is 19.4. The van der Waals surface area contributed by atoms with Crippen LogP contribution in [0.25, 0.3) is 88.4 Å². The van der Waals surface area contributed by atoms with Gasteiger partial charge in [-0.15, -0.1) is 0 Å². The van der Waals surface area contributed by atoms with Gasteiger partial charge in [0.15, 0.2) is 0 Å². The topological polar surface area (TPSA) is 57.4 Å². The van der Waals surface area contributed by atoms with E-state index in [0.717, 1.165) is 89.1 Å². The number of fused-ring (bicyclic) bond motifs is 6. The Balaban J connectivity index is 1.33. The van der Waals surface area contributed by atoms with Crippen LogP contribution in [0.15, 0.2) is 164 Å². The Morgan fingerprint density at radius 3 is 1.42 bits per heavy atom. The second kappa shape index (κ2) is 13.9. The largest absolute Gasteiger partial charge is 0.416 e. The zero-order chi connectivity index (χ0) is 41.3. The summed E-state index contributed by atoms with van der Waals surface area (Å²) in [6.07, 6.45) is -4.71. The van der Waals surface area contributed by atoms with Crippen LogP contribution in [0.5, 0.6) is 0 Å². The van der Waals surface area contributed by atoms with Gasteiger partial charge in [0, 0.05) is 27.1 Å². The molecule has 0 saturated carbocycles. The molecule has 0 aliphatic rings. The summed E-state index contributed by atoms with van der Waals surface area (Å²) in [7, 11) is 0. The first-order valence-corrected chi connectivity index (χ1v) is 19.5. The van der Waals surface area contributed by atoms with E-state index in [1.165, 1.54) is 6.07 Å². The van der Waals surface area contributed by atoms with Crippen LogP contribution in [-0.2, 0) is 6.18 Å². The van der Waals surface area contributed by atoms with Crippen molar-refractivity contribution in [2.45, 2.75) is 20.0 Å². The molecule has 0 atom stereocenters. The fraction of sp³-hybridized carbons (Fsp3) is 0.0566. The Bertz CT molecular complexity index is 3480. The predicted molar refractivity (Wildman–Crippen MR) is 235 cm³/mol. The van der Waals surface area contributed by atoms with E-state index in [0.29, 0.717) is 11.4 Å². The van der Waals surface area contributed by atoms with Gasteiger partial charge in [-0.05, 0) is 120 Å². The Labute approximate surface area is 343 Å². The highest BCUT2D eigenvalue weighted by molar-refractivity contribution is 6.13. The molecule has 0 aliphatic carbocycles. The number of nitriles is 2. The minimum Gasteiger partial charge on any atom is -0.307 e. The second-order valence-electron chi connectivity index (χ2n) is 15.2. The molecule has 10 rings (SSSR count). The van der Waals surface area contributed by atoms with Gasteiger partial charge in [-0.3, -0.25) is 0 Å². The standard InChI is InChI=1S/C53H33F3N4/c1-32-11-3-5-13-40(32)35-19-21-49-45(26-35)42-15-7-9-17-47(42)59(49)51-28-38(31-58)44(37-23-34(30-57)24-39(25-37)53(54,55)56)29-52(51)60-48-18-10-8-16-43(48)46-27-36(20-22-50(46)60)41-14-6-4-12-33(41)2/h3-29H,1-2H3. The second-order valence-corrected chi connectivity index (χ2v) is 15.2. The Morgan fingerprint density at radius 2 is 0.917 bits per heavy atom. The minimum absolute atomic E-state index is 0.124. The average Bonchev–Trinajstić information content (AvgIpc) is 3.77. The summed E-state index contributed by atoms with van der Waals surface area (Å²) in [5.74, 6) is 0. The first kappa shape index (κ1) is 36.5. The van der Waals surface area contributed by atoms with Crippen LogP contribution >= 0.6 is 0 Å². The fourth-order valence-corrected chi connectivity index (χ4v) is 8.87. The highest BCUT2D eigenvalue weighted by Crippen LogP contribution is 2.43. The first-order valence-electron chi connectivity index (χ1n) is 19.5. The van der Waals surface area contributed by atoms with Crippen molar-refractivity contribution in [3.63, 3.8) is 0 Å². The molecule has 0 unspecified atom stereocenters. The molecular weight excluding hydrogens is 750 g/mol. The molecule has 4 nitrogen and oxygen atoms in total. The SMILES string of the molecule is Cc1ccccc1-c1ccc2c(c1)c1ccccc1n2-c1cc(C#N)c(-c2cc(C#N)cc(C(F)(F)F)c2)cc1-n1c2ccccc2c2cc(-c3ccccc3C)ccc21. The van der Waals surface area contributed by atoms with E-state index in [1.807, 2.05) is 66.7 Å². The summed E-state index contributed by atoms with van der Waals surface area (Å²) < 4.78 is 47.3. The van der Waals surface area contributed by atoms with Gasteiger partial charge in [0.1, 0.15) is 0 Å². The van der Waals surface area contributed by atoms with Gasteiger partial charge in [0.2, 0.25) is 0 Å².